The van der Waals surface area contributed by atoms with E-state index in [1.807, 2.05) is 0 Å². The van der Waals surface area contributed by atoms with E-state index < -0.39 is 32.7 Å². The molecule has 0 N–H and O–H groups in total. The van der Waals surface area contributed by atoms with E-state index in [-0.39, 0.29) is 24.8 Å². The van der Waals surface area contributed by atoms with Gasteiger partial charge in [0.15, 0.2) is 0 Å². The Balaban J connectivity index is 0.00000242. The molecule has 5 heteroatoms. The first-order valence-corrected chi connectivity index (χ1v) is 13.3. The van der Waals surface area contributed by atoms with Crippen LogP contribution in [-0.4, -0.2) is 9.04 Å². The summed E-state index contributed by atoms with van der Waals surface area (Å²) in [5, 5.41) is 0. The molecule has 0 aromatic heterocycles. The summed E-state index contributed by atoms with van der Waals surface area (Å²) in [6, 6.07) is 4.90. The maximum atomic E-state index is 6.22. The van der Waals surface area contributed by atoms with E-state index >= 15 is 0 Å². The maximum absolute atomic E-state index is 6.22. The number of benzene rings is 1. The zero-order chi connectivity index (χ0) is 15.7. The van der Waals surface area contributed by atoms with E-state index in [1.54, 1.807) is 5.56 Å². The predicted octanol–water partition coefficient (Wildman–Crippen LogP) is -0.603. The van der Waals surface area contributed by atoms with Crippen LogP contribution >= 0.6 is 0 Å². The summed E-state index contributed by atoms with van der Waals surface area (Å²) in [5.41, 5.74) is 7.63. The van der Waals surface area contributed by atoms with Gasteiger partial charge in [0.25, 0.3) is 0 Å². The maximum Gasteiger partial charge on any atom is -1.00 e. The van der Waals surface area contributed by atoms with Crippen molar-refractivity contribution in [2.75, 3.05) is 0 Å². The Hall–Kier alpha value is 0.600. The molecule has 1 aliphatic rings. The minimum Gasteiger partial charge on any atom is -1.00 e. The van der Waals surface area contributed by atoms with Gasteiger partial charge in [-0.2, -0.15) is 0 Å². The van der Waals surface area contributed by atoms with Gasteiger partial charge in [0.1, 0.15) is 0 Å². The molecule has 1 aromatic rings. The molecule has 0 saturated carbocycles. The average molecular weight is 451 g/mol. The van der Waals surface area contributed by atoms with Gasteiger partial charge in [-0.1, -0.05) is 0 Å². The van der Waals surface area contributed by atoms with Gasteiger partial charge < -0.3 is 24.8 Å². The Morgan fingerprint density at radius 3 is 2.13 bits per heavy atom. The Bertz CT molecular complexity index is 556. The van der Waals surface area contributed by atoms with Gasteiger partial charge in [-0.15, -0.1) is 0 Å². The van der Waals surface area contributed by atoms with Gasteiger partial charge in [-0.3, -0.25) is 0 Å². The monoisotopic (exact) mass is 448 g/mol. The van der Waals surface area contributed by atoms with E-state index in [0.717, 1.165) is 0 Å². The molecule has 23 heavy (non-hydrogen) atoms. The van der Waals surface area contributed by atoms with Gasteiger partial charge in [0.05, 0.1) is 0 Å². The molecular weight excluding hydrogens is 422 g/mol. The van der Waals surface area contributed by atoms with Crippen LogP contribution in [0.1, 0.15) is 72.3 Å². The molecule has 1 unspecified atom stereocenters. The number of hydrogen-bond acceptors (Lipinski definition) is 1. The third-order valence-electron chi connectivity index (χ3n) is 4.11. The van der Waals surface area contributed by atoms with Crippen LogP contribution in [0.4, 0.5) is 0 Å². The van der Waals surface area contributed by atoms with Gasteiger partial charge in [0, 0.05) is 0 Å². The van der Waals surface area contributed by atoms with Crippen LogP contribution < -0.4 is 24.8 Å². The largest absolute Gasteiger partial charge is 1.00 e. The molecule has 0 aliphatic heterocycles. The SMILES string of the molecule is CC1=Cc2c(C(C)C)cc(C(C)C)cc2[CH]1[Zr+2][O][SiH](C)C.[Cl-].[Cl-]. The molecule has 0 heterocycles. The van der Waals surface area contributed by atoms with Crippen molar-refractivity contribution in [1.82, 2.24) is 0 Å². The van der Waals surface area contributed by atoms with Crippen molar-refractivity contribution < 1.29 is 51.0 Å². The molecule has 1 nitrogen and oxygen atoms in total. The first-order valence-electron chi connectivity index (χ1n) is 8.08. The van der Waals surface area contributed by atoms with Crippen LogP contribution in [0.3, 0.4) is 0 Å². The van der Waals surface area contributed by atoms with E-state index in [1.165, 1.54) is 22.3 Å². The minimum absolute atomic E-state index is 0. The second-order valence-corrected chi connectivity index (χ2v) is 13.1. The number of allylic oxidation sites excluding steroid dienone is 1. The first-order chi connectivity index (χ1) is 9.81. The number of rotatable bonds is 5. The van der Waals surface area contributed by atoms with Crippen LogP contribution in [-0.2, 0) is 26.2 Å². The number of hydrogen-bond donors (Lipinski definition) is 0. The standard InChI is InChI=1S/C16H21.C2H7OSi.2ClH.Zr/c1-10(2)13-8-14-6-12(5)7-16(14)15(9-13)11(3)4;1-4(2)3;;;/h6-11H,1-5H3;4H,1-2H3;2*1H;/q;-1;;;+3/p-2. The Kier molecular flexibility index (Phi) is 10.2. The van der Waals surface area contributed by atoms with Crippen molar-refractivity contribution in [1.29, 1.82) is 0 Å². The summed E-state index contributed by atoms with van der Waals surface area (Å²) in [5.74, 6) is 1.19. The van der Waals surface area contributed by atoms with Crippen LogP contribution in [0.15, 0.2) is 17.7 Å². The Morgan fingerprint density at radius 1 is 1.04 bits per heavy atom. The van der Waals surface area contributed by atoms with E-state index in [0.29, 0.717) is 15.5 Å². The smallest absolute Gasteiger partial charge is 1.00 e. The second kappa shape index (κ2) is 9.92. The van der Waals surface area contributed by atoms with Crippen molar-refractivity contribution in [2.45, 2.75) is 63.2 Å². The fourth-order valence-electron chi connectivity index (χ4n) is 2.86. The molecule has 0 spiro atoms. The summed E-state index contributed by atoms with van der Waals surface area (Å²) in [4.78, 5) is 0. The molecule has 0 fully saturated rings. The van der Waals surface area contributed by atoms with E-state index in [9.17, 15) is 0 Å². The number of fused-ring (bicyclic) bond motifs is 1. The molecule has 128 valence electrons. The fraction of sp³-hybridized carbons (Fsp3) is 0.556. The minimum atomic E-state index is -0.884. The summed E-state index contributed by atoms with van der Waals surface area (Å²) in [7, 11) is -0.884. The van der Waals surface area contributed by atoms with Crippen molar-refractivity contribution in [3.63, 3.8) is 0 Å². The summed E-state index contributed by atoms with van der Waals surface area (Å²) in [6.07, 6.45) is 2.44. The molecule has 1 aromatic carbocycles. The summed E-state index contributed by atoms with van der Waals surface area (Å²) < 4.78 is 6.86. The third kappa shape index (κ3) is 5.54. The predicted molar refractivity (Wildman–Crippen MR) is 91.0 cm³/mol. The zero-order valence-electron chi connectivity index (χ0n) is 15.2. The number of halogens is 2. The molecule has 0 radical (unpaired) electrons. The van der Waals surface area contributed by atoms with E-state index in [4.69, 9.17) is 2.50 Å². The van der Waals surface area contributed by atoms with Gasteiger partial charge in [-0.25, -0.2) is 0 Å². The zero-order valence-corrected chi connectivity index (χ0v) is 20.3. The van der Waals surface area contributed by atoms with Crippen LogP contribution in [0.25, 0.3) is 6.08 Å². The van der Waals surface area contributed by atoms with Crippen molar-refractivity contribution in [3.05, 3.63) is 40.0 Å². The molecule has 0 amide bonds. The Labute approximate surface area is 168 Å². The Morgan fingerprint density at radius 2 is 1.65 bits per heavy atom. The van der Waals surface area contributed by atoms with Crippen molar-refractivity contribution >= 4 is 15.1 Å². The topological polar surface area (TPSA) is 9.23 Å². The molecule has 1 aliphatic carbocycles. The molecule has 0 bridgehead atoms. The molecule has 0 saturated heterocycles. The molecular formula is C18H28Cl2OSiZr. The first kappa shape index (κ1) is 23.6. The van der Waals surface area contributed by atoms with Crippen molar-refractivity contribution in [3.8, 4) is 0 Å². The molecule has 1 atom stereocenters. The van der Waals surface area contributed by atoms with E-state index in [2.05, 4.69) is 65.9 Å². The molecule has 2 rings (SSSR count). The van der Waals surface area contributed by atoms with Crippen LogP contribution in [0.5, 0.6) is 0 Å². The van der Waals surface area contributed by atoms with Crippen LogP contribution in [0, 0.1) is 0 Å². The van der Waals surface area contributed by atoms with Gasteiger partial charge >= 0.3 is 144 Å². The van der Waals surface area contributed by atoms with Gasteiger partial charge in [0.2, 0.25) is 0 Å². The summed E-state index contributed by atoms with van der Waals surface area (Å²) >= 11 is -0.809. The average Bonchev–Trinajstić information content (AvgIpc) is 2.70. The summed E-state index contributed by atoms with van der Waals surface area (Å²) in [6.45, 7) is 16.1. The van der Waals surface area contributed by atoms with Gasteiger partial charge in [-0.05, 0) is 0 Å². The van der Waals surface area contributed by atoms with Crippen molar-refractivity contribution in [2.24, 2.45) is 0 Å². The normalized spacial score (nSPS) is 15.9. The third-order valence-corrected chi connectivity index (χ3v) is 11.7. The second-order valence-electron chi connectivity index (χ2n) is 7.03. The van der Waals surface area contributed by atoms with Crippen LogP contribution in [0.2, 0.25) is 13.1 Å². The quantitative estimate of drug-likeness (QED) is 0.545. The fourth-order valence-corrected chi connectivity index (χ4v) is 7.84.